The van der Waals surface area contributed by atoms with Crippen LogP contribution in [0.2, 0.25) is 0 Å². The lowest BCUT2D eigenvalue weighted by Crippen LogP contribution is -2.52. The topological polar surface area (TPSA) is 142 Å². The predicted molar refractivity (Wildman–Crippen MR) is 152 cm³/mol. The van der Waals surface area contributed by atoms with Crippen LogP contribution in [0.4, 0.5) is 15.8 Å². The van der Waals surface area contributed by atoms with Crippen LogP contribution in [0.5, 0.6) is 0 Å². The van der Waals surface area contributed by atoms with Gasteiger partial charge in [0.2, 0.25) is 11.8 Å². The zero-order valence-electron chi connectivity index (χ0n) is 23.8. The summed E-state index contributed by atoms with van der Waals surface area (Å²) in [4.78, 5) is 46.8. The van der Waals surface area contributed by atoms with E-state index in [-0.39, 0.29) is 36.4 Å². The number of halogens is 1. The van der Waals surface area contributed by atoms with Crippen molar-refractivity contribution in [1.82, 2.24) is 25.4 Å². The van der Waals surface area contributed by atoms with Gasteiger partial charge in [0.1, 0.15) is 5.83 Å². The maximum atomic E-state index is 13.3. The molecule has 0 saturated carbocycles. The Bertz CT molecular complexity index is 1100. The number of anilines is 2. The van der Waals surface area contributed by atoms with Crippen LogP contribution in [0, 0.1) is 5.41 Å². The monoisotopic (exact) mass is 575 g/mol. The van der Waals surface area contributed by atoms with Crippen molar-refractivity contribution in [2.24, 2.45) is 5.41 Å². The van der Waals surface area contributed by atoms with E-state index in [1.54, 1.807) is 22.9 Å². The van der Waals surface area contributed by atoms with Crippen molar-refractivity contribution in [1.29, 1.82) is 0 Å². The Hall–Kier alpha value is -3.29. The normalized spacial score (nSPS) is 18.8. The van der Waals surface area contributed by atoms with Gasteiger partial charge in [-0.2, -0.15) is 0 Å². The second kappa shape index (κ2) is 14.6. The molecule has 12 nitrogen and oxygen atoms in total. The van der Waals surface area contributed by atoms with Crippen LogP contribution in [0.15, 0.2) is 24.2 Å². The Morgan fingerprint density at radius 3 is 2.34 bits per heavy atom. The summed E-state index contributed by atoms with van der Waals surface area (Å²) >= 11 is 0. The molecule has 0 unspecified atom stereocenters. The first-order valence-electron chi connectivity index (χ1n) is 14.3. The summed E-state index contributed by atoms with van der Waals surface area (Å²) in [5.41, 5.74) is 7.97. The Kier molecular flexibility index (Phi) is 10.9. The van der Waals surface area contributed by atoms with Gasteiger partial charge in [0.25, 0.3) is 5.91 Å². The number of rotatable bonds is 12. The van der Waals surface area contributed by atoms with Crippen LogP contribution in [-0.2, 0) is 19.1 Å². The van der Waals surface area contributed by atoms with Crippen molar-refractivity contribution in [2.45, 2.75) is 26.2 Å². The fourth-order valence-electron chi connectivity index (χ4n) is 5.19. The van der Waals surface area contributed by atoms with Crippen LogP contribution in [-0.4, -0.2) is 118 Å². The molecule has 0 radical (unpaired) electrons. The third kappa shape index (κ3) is 8.37. The highest BCUT2D eigenvalue weighted by atomic mass is 19.1. The summed E-state index contributed by atoms with van der Waals surface area (Å²) in [7, 11) is 0. The molecule has 0 aliphatic carbocycles. The molecule has 0 aromatic carbocycles. The first-order valence-corrected chi connectivity index (χ1v) is 14.3. The molecule has 4 heterocycles. The van der Waals surface area contributed by atoms with Crippen LogP contribution in [0.3, 0.4) is 0 Å². The number of amides is 3. The van der Waals surface area contributed by atoms with Gasteiger partial charge in [-0.05, 0) is 25.8 Å². The number of allylic oxidation sites excluding steroid dienone is 1. The van der Waals surface area contributed by atoms with Crippen molar-refractivity contribution in [3.05, 3.63) is 29.9 Å². The number of piperidine rings is 1. The molecule has 1 aromatic heterocycles. The number of hydrogen-bond donors (Lipinski definition) is 3. The highest BCUT2D eigenvalue weighted by Gasteiger charge is 2.41. The third-order valence-electron chi connectivity index (χ3n) is 7.97. The number of carbonyl (C=O) groups excluding carboxylic acids is 3. The molecule has 0 atom stereocenters. The first-order chi connectivity index (χ1) is 19.8. The zero-order chi connectivity index (χ0) is 29.2. The number of nitrogens with one attached hydrogen (secondary N) is 2. The lowest BCUT2D eigenvalue weighted by Gasteiger charge is -2.47. The summed E-state index contributed by atoms with van der Waals surface area (Å²) in [5.74, 6) is -1.11. The zero-order valence-corrected chi connectivity index (χ0v) is 23.8. The van der Waals surface area contributed by atoms with Crippen LogP contribution >= 0.6 is 0 Å². The number of hydrogen-bond acceptors (Lipinski definition) is 9. The molecule has 0 bridgehead atoms. The summed E-state index contributed by atoms with van der Waals surface area (Å²) in [6.45, 7) is 8.39. The molecule has 4 N–H and O–H groups in total. The first kappa shape index (κ1) is 30.7. The van der Waals surface area contributed by atoms with E-state index >= 15 is 0 Å². The lowest BCUT2D eigenvalue weighted by atomic mass is 9.77. The quantitative estimate of drug-likeness (QED) is 0.305. The fraction of sp³-hybridized carbons (Fsp3) is 0.643. The number of nitrogen functional groups attached to an aromatic ring is 1. The summed E-state index contributed by atoms with van der Waals surface area (Å²) in [6.07, 6.45) is 4.93. The number of piperazine rings is 1. The van der Waals surface area contributed by atoms with Crippen molar-refractivity contribution in [3.8, 4) is 0 Å². The summed E-state index contributed by atoms with van der Waals surface area (Å²) < 4.78 is 24.3. The van der Waals surface area contributed by atoms with E-state index in [1.165, 1.54) is 6.08 Å². The van der Waals surface area contributed by atoms with Gasteiger partial charge in [0.15, 0.2) is 5.69 Å². The Morgan fingerprint density at radius 2 is 1.73 bits per heavy atom. The minimum atomic E-state index is -0.444. The highest BCUT2D eigenvalue weighted by Crippen LogP contribution is 2.39. The minimum absolute atomic E-state index is 0.0581. The van der Waals surface area contributed by atoms with Crippen LogP contribution in [0.25, 0.3) is 0 Å². The highest BCUT2D eigenvalue weighted by molar-refractivity contribution is 5.97. The van der Waals surface area contributed by atoms with Gasteiger partial charge < -0.3 is 40.5 Å². The van der Waals surface area contributed by atoms with Crippen molar-refractivity contribution >= 4 is 29.1 Å². The van der Waals surface area contributed by atoms with E-state index in [1.807, 2.05) is 6.07 Å². The van der Waals surface area contributed by atoms with Gasteiger partial charge >= 0.3 is 0 Å². The van der Waals surface area contributed by atoms with Gasteiger partial charge in [-0.1, -0.05) is 6.08 Å². The van der Waals surface area contributed by atoms with Crippen molar-refractivity contribution in [2.75, 3.05) is 96.0 Å². The SMILES string of the molecule is C/C=C(/F)CC(=O)N1CCN(C(=O)CNCCOCCNC(=O)c2ncc(N3CCC4(CC3)COC4)cc2N)CC1. The second-order valence-electron chi connectivity index (χ2n) is 10.8. The largest absolute Gasteiger partial charge is 0.397 e. The molecule has 3 fully saturated rings. The van der Waals surface area contributed by atoms with Gasteiger partial charge in [0, 0.05) is 57.8 Å². The molecular weight excluding hydrogens is 533 g/mol. The molecule has 3 amide bonds. The van der Waals surface area contributed by atoms with E-state index in [4.69, 9.17) is 15.2 Å². The molecule has 4 rings (SSSR count). The van der Waals surface area contributed by atoms with E-state index in [9.17, 15) is 18.8 Å². The number of aromatic nitrogens is 1. The number of nitrogens with zero attached hydrogens (tertiary/aromatic N) is 4. The third-order valence-corrected chi connectivity index (χ3v) is 7.97. The lowest BCUT2D eigenvalue weighted by molar-refractivity contribution is -0.138. The Morgan fingerprint density at radius 1 is 1.07 bits per heavy atom. The Labute approximate surface area is 240 Å². The molecule has 226 valence electrons. The fourth-order valence-corrected chi connectivity index (χ4v) is 5.19. The van der Waals surface area contributed by atoms with Crippen molar-refractivity contribution < 1.29 is 28.2 Å². The van der Waals surface area contributed by atoms with Gasteiger partial charge in [-0.15, -0.1) is 0 Å². The van der Waals surface area contributed by atoms with Crippen LogP contribution in [0.1, 0.15) is 36.7 Å². The number of pyridine rings is 1. The molecule has 3 aliphatic rings. The van der Waals surface area contributed by atoms with E-state index < -0.39 is 5.83 Å². The molecule has 13 heteroatoms. The van der Waals surface area contributed by atoms with Gasteiger partial charge in [0.05, 0.1) is 57.0 Å². The standard InChI is InChI=1S/C28H42FN7O5/c1-2-21(29)15-24(37)35-9-11-36(12-10-35)25(38)18-31-5-13-40-14-6-32-27(39)26-23(30)16-22(17-33-26)34-7-3-28(4-8-34)19-41-20-28/h2,16-17,31H,3-15,18-20,30H2,1H3,(H,32,39)/b21-2+. The smallest absolute Gasteiger partial charge is 0.272 e. The summed E-state index contributed by atoms with van der Waals surface area (Å²) in [6, 6.07) is 1.81. The average Bonchev–Trinajstić information content (AvgIpc) is 2.97. The molecule has 1 spiro atoms. The predicted octanol–water partition coefficient (Wildman–Crippen LogP) is 0.551. The number of ether oxygens (including phenoxy) is 2. The van der Waals surface area contributed by atoms with E-state index in [0.29, 0.717) is 63.6 Å². The second-order valence-corrected chi connectivity index (χ2v) is 10.8. The van der Waals surface area contributed by atoms with E-state index in [0.717, 1.165) is 44.8 Å². The molecule has 1 aromatic rings. The number of nitrogens with two attached hydrogens (primary N) is 1. The maximum absolute atomic E-state index is 13.3. The molecular formula is C28H42FN7O5. The van der Waals surface area contributed by atoms with Gasteiger partial charge in [-0.3, -0.25) is 14.4 Å². The maximum Gasteiger partial charge on any atom is 0.272 e. The average molecular weight is 576 g/mol. The minimum Gasteiger partial charge on any atom is -0.397 e. The number of carbonyl (C=O) groups is 3. The molecule has 41 heavy (non-hydrogen) atoms. The van der Waals surface area contributed by atoms with E-state index in [2.05, 4.69) is 20.5 Å². The van der Waals surface area contributed by atoms with Gasteiger partial charge in [-0.25, -0.2) is 9.37 Å². The summed E-state index contributed by atoms with van der Waals surface area (Å²) in [5, 5.41) is 5.82. The molecule has 3 aliphatic heterocycles. The Balaban J connectivity index is 1.04. The van der Waals surface area contributed by atoms with Crippen molar-refractivity contribution in [3.63, 3.8) is 0 Å². The molecule has 3 saturated heterocycles. The van der Waals surface area contributed by atoms with Crippen LogP contribution < -0.4 is 21.3 Å².